The van der Waals surface area contributed by atoms with Crippen LogP contribution >= 0.6 is 0 Å². The van der Waals surface area contributed by atoms with Gasteiger partial charge in [-0.15, -0.1) is 0 Å². The highest BCUT2D eigenvalue weighted by Crippen LogP contribution is 2.28. The van der Waals surface area contributed by atoms with Gasteiger partial charge >= 0.3 is 0 Å². The Labute approximate surface area is 129 Å². The lowest BCUT2D eigenvalue weighted by molar-refractivity contribution is 0.159. The van der Waals surface area contributed by atoms with Crippen LogP contribution in [0.1, 0.15) is 24.4 Å². The second-order valence-corrected chi connectivity index (χ2v) is 5.92. The third-order valence-corrected chi connectivity index (χ3v) is 4.59. The second kappa shape index (κ2) is 5.14. The van der Waals surface area contributed by atoms with Gasteiger partial charge in [-0.1, -0.05) is 18.2 Å². The molecule has 3 heterocycles. The number of pyridine rings is 1. The van der Waals surface area contributed by atoms with E-state index in [1.807, 2.05) is 18.2 Å². The van der Waals surface area contributed by atoms with Crippen molar-refractivity contribution < 1.29 is 5.11 Å². The fourth-order valence-corrected chi connectivity index (χ4v) is 3.31. The van der Waals surface area contributed by atoms with Crippen LogP contribution < -0.4 is 0 Å². The molecule has 4 heteroatoms. The van der Waals surface area contributed by atoms with Gasteiger partial charge in [0.05, 0.1) is 5.69 Å². The molecule has 0 spiro atoms. The molecule has 0 aliphatic carbocycles. The van der Waals surface area contributed by atoms with Gasteiger partial charge in [-0.3, -0.25) is 4.90 Å². The summed E-state index contributed by atoms with van der Waals surface area (Å²) in [5, 5.41) is 11.0. The number of fused-ring (bicyclic) bond motifs is 2. The van der Waals surface area contributed by atoms with Crippen LogP contribution in [-0.4, -0.2) is 26.1 Å². The zero-order valence-corrected chi connectivity index (χ0v) is 12.6. The Kier molecular flexibility index (Phi) is 3.12. The van der Waals surface area contributed by atoms with E-state index >= 15 is 0 Å². The minimum Gasteiger partial charge on any atom is -0.506 e. The molecule has 1 atom stereocenters. The van der Waals surface area contributed by atoms with Gasteiger partial charge in [0, 0.05) is 43.0 Å². The lowest BCUT2D eigenvalue weighted by Crippen LogP contribution is -2.36. The standard InChI is InChI=1S/C18H19N3O/c1-13-16-5-3-9-20(16)10-11-21(13)12-15-8-7-14-4-2-6-17(22)18(14)19-15/h2-9,13,22H,10-12H2,1H3. The number of aromatic hydroxyl groups is 1. The van der Waals surface area contributed by atoms with Crippen LogP contribution in [0.5, 0.6) is 5.75 Å². The monoisotopic (exact) mass is 293 g/mol. The third-order valence-electron chi connectivity index (χ3n) is 4.59. The SMILES string of the molecule is CC1c2cccn2CCN1Cc1ccc2cccc(O)c2n1. The molecule has 0 bridgehead atoms. The lowest BCUT2D eigenvalue weighted by atomic mass is 10.1. The van der Waals surface area contributed by atoms with Crippen molar-refractivity contribution in [2.75, 3.05) is 6.54 Å². The predicted molar refractivity (Wildman–Crippen MR) is 86.7 cm³/mol. The maximum absolute atomic E-state index is 9.98. The van der Waals surface area contributed by atoms with Gasteiger partial charge < -0.3 is 9.67 Å². The van der Waals surface area contributed by atoms with Crippen LogP contribution in [0, 0.1) is 0 Å². The summed E-state index contributed by atoms with van der Waals surface area (Å²) in [6.07, 6.45) is 2.15. The van der Waals surface area contributed by atoms with E-state index in [4.69, 9.17) is 0 Å². The number of rotatable bonds is 2. The molecule has 0 saturated heterocycles. The molecule has 1 N–H and O–H groups in total. The van der Waals surface area contributed by atoms with Crippen molar-refractivity contribution in [2.24, 2.45) is 0 Å². The highest BCUT2D eigenvalue weighted by Gasteiger charge is 2.23. The number of aromatic nitrogens is 2. The molecular weight excluding hydrogens is 274 g/mol. The molecule has 1 unspecified atom stereocenters. The first kappa shape index (κ1) is 13.3. The third kappa shape index (κ3) is 2.16. The summed E-state index contributed by atoms with van der Waals surface area (Å²) in [5.74, 6) is 0.250. The minimum absolute atomic E-state index is 0.250. The lowest BCUT2D eigenvalue weighted by Gasteiger charge is -2.34. The van der Waals surface area contributed by atoms with Gasteiger partial charge in [0.2, 0.25) is 0 Å². The number of nitrogens with zero attached hydrogens (tertiary/aromatic N) is 3. The van der Waals surface area contributed by atoms with E-state index in [0.717, 1.165) is 30.7 Å². The summed E-state index contributed by atoms with van der Waals surface area (Å²) in [6.45, 7) is 5.08. The summed E-state index contributed by atoms with van der Waals surface area (Å²) in [4.78, 5) is 7.08. The quantitative estimate of drug-likeness (QED) is 0.788. The summed E-state index contributed by atoms with van der Waals surface area (Å²) < 4.78 is 2.32. The van der Waals surface area contributed by atoms with Crippen molar-refractivity contribution in [1.29, 1.82) is 0 Å². The molecule has 1 aliphatic heterocycles. The zero-order chi connectivity index (χ0) is 15.1. The number of benzene rings is 1. The van der Waals surface area contributed by atoms with Crippen LogP contribution in [0.25, 0.3) is 10.9 Å². The first-order chi connectivity index (χ1) is 10.7. The maximum atomic E-state index is 9.98. The number of hydrogen-bond donors (Lipinski definition) is 1. The molecule has 0 amide bonds. The van der Waals surface area contributed by atoms with Gasteiger partial charge in [-0.05, 0) is 31.2 Å². The zero-order valence-electron chi connectivity index (χ0n) is 12.6. The summed E-state index contributed by atoms with van der Waals surface area (Å²) in [5.41, 5.74) is 3.05. The van der Waals surface area contributed by atoms with Gasteiger partial charge in [0.25, 0.3) is 0 Å². The van der Waals surface area contributed by atoms with Crippen LogP contribution in [-0.2, 0) is 13.1 Å². The number of hydrogen-bond acceptors (Lipinski definition) is 3. The van der Waals surface area contributed by atoms with E-state index in [-0.39, 0.29) is 5.75 Å². The van der Waals surface area contributed by atoms with Gasteiger partial charge in [0.1, 0.15) is 11.3 Å². The summed E-state index contributed by atoms with van der Waals surface area (Å²) in [6, 6.07) is 14.3. The van der Waals surface area contributed by atoms with Gasteiger partial charge in [0.15, 0.2) is 0 Å². The largest absolute Gasteiger partial charge is 0.506 e. The van der Waals surface area contributed by atoms with Crippen molar-refractivity contribution in [3.63, 3.8) is 0 Å². The predicted octanol–water partition coefficient (Wildman–Crippen LogP) is 3.32. The minimum atomic E-state index is 0.250. The molecule has 4 rings (SSSR count). The molecule has 3 aromatic rings. The van der Waals surface area contributed by atoms with E-state index in [9.17, 15) is 5.11 Å². The van der Waals surface area contributed by atoms with Crippen molar-refractivity contribution in [3.8, 4) is 5.75 Å². The molecule has 112 valence electrons. The van der Waals surface area contributed by atoms with Crippen LogP contribution in [0.2, 0.25) is 0 Å². The van der Waals surface area contributed by atoms with E-state index < -0.39 is 0 Å². The van der Waals surface area contributed by atoms with Crippen molar-refractivity contribution in [2.45, 2.75) is 26.1 Å². The molecule has 0 fully saturated rings. The maximum Gasteiger partial charge on any atom is 0.141 e. The fraction of sp³-hybridized carbons (Fsp3) is 0.278. The fourth-order valence-electron chi connectivity index (χ4n) is 3.31. The van der Waals surface area contributed by atoms with Gasteiger partial charge in [-0.2, -0.15) is 0 Å². The highest BCUT2D eigenvalue weighted by atomic mass is 16.3. The Hall–Kier alpha value is -2.33. The molecule has 2 aromatic heterocycles. The molecule has 22 heavy (non-hydrogen) atoms. The first-order valence-electron chi connectivity index (χ1n) is 7.69. The van der Waals surface area contributed by atoms with Crippen molar-refractivity contribution in [1.82, 2.24) is 14.5 Å². The second-order valence-electron chi connectivity index (χ2n) is 5.92. The topological polar surface area (TPSA) is 41.3 Å². The normalized spacial score (nSPS) is 18.5. The average Bonchev–Trinajstić information content (AvgIpc) is 3.00. The first-order valence-corrected chi connectivity index (χ1v) is 7.69. The van der Waals surface area contributed by atoms with E-state index in [1.54, 1.807) is 6.07 Å². The smallest absolute Gasteiger partial charge is 0.141 e. The molecule has 4 nitrogen and oxygen atoms in total. The number of phenols is 1. The Morgan fingerprint density at radius 2 is 2.05 bits per heavy atom. The average molecular weight is 293 g/mol. The van der Waals surface area contributed by atoms with Crippen LogP contribution in [0.4, 0.5) is 0 Å². The van der Waals surface area contributed by atoms with Crippen molar-refractivity contribution in [3.05, 3.63) is 60.0 Å². The molecule has 1 aliphatic rings. The summed E-state index contributed by atoms with van der Waals surface area (Å²) >= 11 is 0. The Balaban J connectivity index is 1.63. The summed E-state index contributed by atoms with van der Waals surface area (Å²) in [7, 11) is 0. The van der Waals surface area contributed by atoms with Crippen LogP contribution in [0.15, 0.2) is 48.7 Å². The van der Waals surface area contributed by atoms with Crippen LogP contribution in [0.3, 0.4) is 0 Å². The van der Waals surface area contributed by atoms with Crippen molar-refractivity contribution >= 4 is 10.9 Å². The van der Waals surface area contributed by atoms with E-state index in [1.165, 1.54) is 5.69 Å². The van der Waals surface area contributed by atoms with E-state index in [2.05, 4.69) is 45.8 Å². The Morgan fingerprint density at radius 3 is 2.95 bits per heavy atom. The highest BCUT2D eigenvalue weighted by molar-refractivity contribution is 5.84. The van der Waals surface area contributed by atoms with E-state index in [0.29, 0.717) is 11.6 Å². The molecule has 0 saturated carbocycles. The number of phenolic OH excluding ortho intramolecular Hbond substituents is 1. The molecular formula is C18H19N3O. The molecule has 1 aromatic carbocycles. The number of para-hydroxylation sites is 1. The Bertz CT molecular complexity index is 824. The van der Waals surface area contributed by atoms with Gasteiger partial charge in [-0.25, -0.2) is 4.98 Å². The molecule has 0 radical (unpaired) electrons. The Morgan fingerprint density at radius 1 is 1.14 bits per heavy atom.